The van der Waals surface area contributed by atoms with Gasteiger partial charge in [-0.2, -0.15) is 0 Å². The van der Waals surface area contributed by atoms with Crippen LogP contribution in [0.15, 0.2) is 34.8 Å². The third-order valence-electron chi connectivity index (χ3n) is 2.93. The van der Waals surface area contributed by atoms with Crippen LogP contribution in [0.25, 0.3) is 0 Å². The molecule has 0 aromatic heterocycles. The molecule has 0 aliphatic carbocycles. The van der Waals surface area contributed by atoms with Crippen molar-refractivity contribution < 1.29 is 4.79 Å². The van der Waals surface area contributed by atoms with E-state index in [1.54, 1.807) is 18.2 Å². The summed E-state index contributed by atoms with van der Waals surface area (Å²) in [5.74, 6) is -0.0882. The van der Waals surface area contributed by atoms with Crippen molar-refractivity contribution in [1.82, 2.24) is 0 Å². The number of carbonyl (C=O) groups excluding carboxylic acids is 1. The van der Waals surface area contributed by atoms with Gasteiger partial charge >= 0.3 is 0 Å². The zero-order chi connectivity index (χ0) is 14.2. The molecular weight excluding hydrogens is 347 g/mol. The lowest BCUT2D eigenvalue weighted by Crippen LogP contribution is -2.05. The van der Waals surface area contributed by atoms with Gasteiger partial charge in [-0.25, -0.2) is 0 Å². The van der Waals surface area contributed by atoms with Crippen LogP contribution in [0.4, 0.5) is 0 Å². The Bertz CT molecular complexity index is 665. The minimum Gasteiger partial charge on any atom is -0.289 e. The van der Waals surface area contributed by atoms with Crippen LogP contribution >= 0.6 is 39.1 Å². The monoisotopic (exact) mass is 356 g/mol. The third-order valence-corrected chi connectivity index (χ3v) is 4.33. The molecule has 0 fully saturated rings. The molecule has 0 heterocycles. The van der Waals surface area contributed by atoms with E-state index in [9.17, 15) is 4.79 Å². The number of aryl methyl sites for hydroxylation is 2. The van der Waals surface area contributed by atoms with Crippen LogP contribution in [0.3, 0.4) is 0 Å². The summed E-state index contributed by atoms with van der Waals surface area (Å²) in [7, 11) is 0. The van der Waals surface area contributed by atoms with E-state index in [0.29, 0.717) is 21.2 Å². The molecule has 0 N–H and O–H groups in total. The number of hydrogen-bond donors (Lipinski definition) is 0. The molecule has 2 rings (SSSR count). The Hall–Kier alpha value is -0.830. The molecule has 0 saturated heterocycles. The Balaban J connectivity index is 2.53. The zero-order valence-electron chi connectivity index (χ0n) is 10.4. The Morgan fingerprint density at radius 2 is 1.68 bits per heavy atom. The van der Waals surface area contributed by atoms with E-state index in [-0.39, 0.29) is 5.78 Å². The highest BCUT2D eigenvalue weighted by Gasteiger charge is 2.16. The van der Waals surface area contributed by atoms with Gasteiger partial charge in [0.15, 0.2) is 5.78 Å². The molecule has 98 valence electrons. The van der Waals surface area contributed by atoms with Crippen LogP contribution in [-0.4, -0.2) is 5.78 Å². The minimum atomic E-state index is -0.0882. The predicted octanol–water partition coefficient (Wildman–Crippen LogP) is 5.60. The first-order valence-electron chi connectivity index (χ1n) is 5.66. The highest BCUT2D eigenvalue weighted by atomic mass is 79.9. The lowest BCUT2D eigenvalue weighted by Gasteiger charge is -2.09. The maximum absolute atomic E-state index is 12.5. The van der Waals surface area contributed by atoms with Crippen molar-refractivity contribution in [2.75, 3.05) is 0 Å². The second-order valence-corrected chi connectivity index (χ2v) is 6.07. The summed E-state index contributed by atoms with van der Waals surface area (Å²) < 4.78 is 0.990. The van der Waals surface area contributed by atoms with Gasteiger partial charge in [-0.3, -0.25) is 4.79 Å². The molecule has 1 nitrogen and oxygen atoms in total. The van der Waals surface area contributed by atoms with Crippen LogP contribution in [0.2, 0.25) is 10.0 Å². The molecule has 0 unspecified atom stereocenters. The predicted molar refractivity (Wildman–Crippen MR) is 83.5 cm³/mol. The van der Waals surface area contributed by atoms with Crippen molar-refractivity contribution in [3.05, 3.63) is 67.1 Å². The largest absolute Gasteiger partial charge is 0.289 e. The van der Waals surface area contributed by atoms with Crippen molar-refractivity contribution >= 4 is 44.9 Å². The Morgan fingerprint density at radius 1 is 1.00 bits per heavy atom. The number of benzene rings is 2. The summed E-state index contributed by atoms with van der Waals surface area (Å²) in [4.78, 5) is 12.5. The molecule has 0 aliphatic rings. The van der Waals surface area contributed by atoms with Crippen molar-refractivity contribution in [3.63, 3.8) is 0 Å². The van der Waals surface area contributed by atoms with Gasteiger partial charge in [0.2, 0.25) is 0 Å². The van der Waals surface area contributed by atoms with E-state index >= 15 is 0 Å². The lowest BCUT2D eigenvalue weighted by molar-refractivity contribution is 0.103. The van der Waals surface area contributed by atoms with Gasteiger partial charge in [0.05, 0.1) is 5.02 Å². The Labute approximate surface area is 130 Å². The number of ketones is 1. The van der Waals surface area contributed by atoms with Crippen LogP contribution in [0.5, 0.6) is 0 Å². The summed E-state index contributed by atoms with van der Waals surface area (Å²) in [6.07, 6.45) is 0. The topological polar surface area (TPSA) is 17.1 Å². The zero-order valence-corrected chi connectivity index (χ0v) is 13.5. The molecule has 2 aromatic carbocycles. The summed E-state index contributed by atoms with van der Waals surface area (Å²) >= 11 is 15.4. The average Bonchev–Trinajstić information content (AvgIpc) is 2.33. The molecule has 0 saturated carbocycles. The van der Waals surface area contributed by atoms with E-state index in [1.165, 1.54) is 0 Å². The van der Waals surface area contributed by atoms with E-state index < -0.39 is 0 Å². The second kappa shape index (κ2) is 5.66. The first kappa shape index (κ1) is 14.6. The first-order valence-corrected chi connectivity index (χ1v) is 7.21. The lowest BCUT2D eigenvalue weighted by atomic mass is 9.97. The maximum atomic E-state index is 12.5. The molecular formula is C15H11BrCl2O. The normalized spacial score (nSPS) is 10.6. The van der Waals surface area contributed by atoms with Crippen molar-refractivity contribution in [1.29, 1.82) is 0 Å². The maximum Gasteiger partial charge on any atom is 0.194 e. The fourth-order valence-electron chi connectivity index (χ4n) is 1.84. The molecule has 2 aromatic rings. The van der Waals surface area contributed by atoms with Gasteiger partial charge in [0.1, 0.15) is 0 Å². The van der Waals surface area contributed by atoms with Crippen LogP contribution in [-0.2, 0) is 0 Å². The summed E-state index contributed by atoms with van der Waals surface area (Å²) in [5.41, 5.74) is 3.05. The third kappa shape index (κ3) is 3.02. The Morgan fingerprint density at radius 3 is 2.32 bits per heavy atom. The quantitative estimate of drug-likeness (QED) is 0.639. The molecule has 0 atom stereocenters. The van der Waals surface area contributed by atoms with Crippen molar-refractivity contribution in [2.24, 2.45) is 0 Å². The molecule has 19 heavy (non-hydrogen) atoms. The number of halogens is 3. The van der Waals surface area contributed by atoms with Gasteiger partial charge in [0, 0.05) is 20.6 Å². The molecule has 0 radical (unpaired) electrons. The molecule has 0 bridgehead atoms. The van der Waals surface area contributed by atoms with Crippen molar-refractivity contribution in [2.45, 2.75) is 13.8 Å². The summed E-state index contributed by atoms with van der Waals surface area (Å²) in [6.45, 7) is 3.85. The van der Waals surface area contributed by atoms with E-state index in [2.05, 4.69) is 15.9 Å². The van der Waals surface area contributed by atoms with E-state index in [1.807, 2.05) is 26.0 Å². The van der Waals surface area contributed by atoms with Crippen LogP contribution in [0, 0.1) is 13.8 Å². The molecule has 0 amide bonds. The highest BCUT2D eigenvalue weighted by molar-refractivity contribution is 9.10. The number of rotatable bonds is 2. The van der Waals surface area contributed by atoms with Crippen LogP contribution in [0.1, 0.15) is 27.0 Å². The number of hydrogen-bond acceptors (Lipinski definition) is 1. The smallest absolute Gasteiger partial charge is 0.194 e. The fraction of sp³-hybridized carbons (Fsp3) is 0.133. The second-order valence-electron chi connectivity index (χ2n) is 4.37. The van der Waals surface area contributed by atoms with E-state index in [0.717, 1.165) is 15.6 Å². The van der Waals surface area contributed by atoms with Gasteiger partial charge in [-0.15, -0.1) is 0 Å². The van der Waals surface area contributed by atoms with E-state index in [4.69, 9.17) is 23.2 Å². The minimum absolute atomic E-state index is 0.0882. The molecule has 0 spiro atoms. The average molecular weight is 358 g/mol. The SMILES string of the molecule is Cc1cc(C(=O)c2ccc(Cl)cc2Cl)c(C)cc1Br. The highest BCUT2D eigenvalue weighted by Crippen LogP contribution is 2.27. The fourth-order valence-corrected chi connectivity index (χ4v) is 2.80. The van der Waals surface area contributed by atoms with Gasteiger partial charge in [-0.1, -0.05) is 39.1 Å². The van der Waals surface area contributed by atoms with Gasteiger partial charge < -0.3 is 0 Å². The summed E-state index contributed by atoms with van der Waals surface area (Å²) in [5, 5.41) is 0.891. The van der Waals surface area contributed by atoms with Gasteiger partial charge in [-0.05, 0) is 55.3 Å². The standard InChI is InChI=1S/C15H11BrCl2O/c1-8-6-13(16)9(2)5-12(8)15(19)11-4-3-10(17)7-14(11)18/h3-7H,1-2H3. The first-order chi connectivity index (χ1) is 8.90. The summed E-state index contributed by atoms with van der Waals surface area (Å²) in [6, 6.07) is 8.71. The molecule has 4 heteroatoms. The van der Waals surface area contributed by atoms with Gasteiger partial charge in [0.25, 0.3) is 0 Å². The molecule has 0 aliphatic heterocycles. The van der Waals surface area contributed by atoms with Crippen molar-refractivity contribution in [3.8, 4) is 0 Å². The van der Waals surface area contributed by atoms with Crippen LogP contribution < -0.4 is 0 Å². The Kier molecular flexibility index (Phi) is 4.34. The number of carbonyl (C=O) groups is 1.